The first-order valence-corrected chi connectivity index (χ1v) is 7.83. The topological polar surface area (TPSA) is 55.0 Å². The van der Waals surface area contributed by atoms with Gasteiger partial charge >= 0.3 is 0 Å². The van der Waals surface area contributed by atoms with Gasteiger partial charge in [-0.2, -0.15) is 5.10 Å². The standard InChI is InChI=1S/C15H24N4S/c1-5-11-12(6-2)17-18-15(13(11)14(16)20)19-7-9(3)10(4)8-19/h9-10H,5-8H2,1-4H3,(H2,16,20). The largest absolute Gasteiger partial charge is 0.389 e. The Morgan fingerprint density at radius 2 is 1.80 bits per heavy atom. The molecule has 2 atom stereocenters. The van der Waals surface area contributed by atoms with Crippen molar-refractivity contribution in [2.75, 3.05) is 18.0 Å². The lowest BCUT2D eigenvalue weighted by Crippen LogP contribution is -2.27. The third kappa shape index (κ3) is 2.64. The van der Waals surface area contributed by atoms with Crippen LogP contribution in [0, 0.1) is 11.8 Å². The van der Waals surface area contributed by atoms with E-state index in [0.29, 0.717) is 16.8 Å². The van der Waals surface area contributed by atoms with Gasteiger partial charge in [-0.1, -0.05) is 39.9 Å². The Hall–Kier alpha value is -1.23. The van der Waals surface area contributed by atoms with Gasteiger partial charge in [0.05, 0.1) is 11.3 Å². The second-order valence-electron chi connectivity index (χ2n) is 5.75. The molecule has 2 N–H and O–H groups in total. The number of thiocarbonyl (C=S) groups is 1. The molecule has 0 aromatic carbocycles. The Kier molecular flexibility index (Phi) is 4.58. The van der Waals surface area contributed by atoms with Crippen molar-refractivity contribution in [3.63, 3.8) is 0 Å². The third-order valence-electron chi connectivity index (χ3n) is 4.36. The monoisotopic (exact) mass is 292 g/mol. The molecule has 0 radical (unpaired) electrons. The molecule has 0 saturated carbocycles. The van der Waals surface area contributed by atoms with Crippen LogP contribution in [0.5, 0.6) is 0 Å². The minimum atomic E-state index is 0.439. The van der Waals surface area contributed by atoms with Crippen molar-refractivity contribution in [3.8, 4) is 0 Å². The van der Waals surface area contributed by atoms with E-state index in [-0.39, 0.29) is 0 Å². The molecule has 1 aliphatic rings. The molecule has 4 nitrogen and oxygen atoms in total. The van der Waals surface area contributed by atoms with Gasteiger partial charge in [0.1, 0.15) is 4.99 Å². The number of nitrogens with zero attached hydrogens (tertiary/aromatic N) is 3. The molecule has 0 bridgehead atoms. The smallest absolute Gasteiger partial charge is 0.161 e. The summed E-state index contributed by atoms with van der Waals surface area (Å²) in [6.45, 7) is 10.8. The highest BCUT2D eigenvalue weighted by Crippen LogP contribution is 2.30. The summed E-state index contributed by atoms with van der Waals surface area (Å²) in [5.74, 6) is 2.20. The summed E-state index contributed by atoms with van der Waals surface area (Å²) < 4.78 is 0. The highest BCUT2D eigenvalue weighted by molar-refractivity contribution is 7.80. The second-order valence-corrected chi connectivity index (χ2v) is 6.19. The molecule has 1 saturated heterocycles. The van der Waals surface area contributed by atoms with Crippen LogP contribution in [0.1, 0.15) is 44.5 Å². The molecule has 2 heterocycles. The van der Waals surface area contributed by atoms with Gasteiger partial charge in [-0.05, 0) is 30.2 Å². The molecule has 1 aliphatic heterocycles. The zero-order valence-electron chi connectivity index (χ0n) is 12.8. The molecule has 1 fully saturated rings. The maximum atomic E-state index is 5.99. The Morgan fingerprint density at radius 3 is 2.25 bits per heavy atom. The summed E-state index contributed by atoms with van der Waals surface area (Å²) >= 11 is 5.29. The Labute approximate surface area is 126 Å². The van der Waals surface area contributed by atoms with E-state index in [9.17, 15) is 0 Å². The minimum absolute atomic E-state index is 0.439. The normalized spacial score (nSPS) is 22.3. The van der Waals surface area contributed by atoms with E-state index in [0.717, 1.165) is 48.6 Å². The van der Waals surface area contributed by atoms with Crippen molar-refractivity contribution in [1.29, 1.82) is 0 Å². The highest BCUT2D eigenvalue weighted by Gasteiger charge is 2.30. The van der Waals surface area contributed by atoms with Crippen LogP contribution < -0.4 is 10.6 Å². The average Bonchev–Trinajstić information content (AvgIpc) is 2.76. The summed E-state index contributed by atoms with van der Waals surface area (Å²) in [6, 6.07) is 0. The maximum Gasteiger partial charge on any atom is 0.161 e. The van der Waals surface area contributed by atoms with Crippen molar-refractivity contribution in [1.82, 2.24) is 10.2 Å². The fourth-order valence-corrected chi connectivity index (χ4v) is 3.16. The molecule has 110 valence electrons. The van der Waals surface area contributed by atoms with Crippen LogP contribution in [-0.4, -0.2) is 28.3 Å². The molecular formula is C15H24N4S. The summed E-state index contributed by atoms with van der Waals surface area (Å²) in [4.78, 5) is 2.73. The first-order valence-electron chi connectivity index (χ1n) is 7.42. The molecule has 2 unspecified atom stereocenters. The van der Waals surface area contributed by atoms with E-state index < -0.39 is 0 Å². The lowest BCUT2D eigenvalue weighted by molar-refractivity contribution is 0.494. The number of rotatable bonds is 4. The molecule has 0 spiro atoms. The molecule has 5 heteroatoms. The zero-order chi connectivity index (χ0) is 14.9. The van der Waals surface area contributed by atoms with E-state index in [2.05, 4.69) is 42.8 Å². The summed E-state index contributed by atoms with van der Waals surface area (Å²) in [6.07, 6.45) is 1.75. The van der Waals surface area contributed by atoms with Crippen LogP contribution in [0.25, 0.3) is 0 Å². The first-order chi connectivity index (χ1) is 9.49. The van der Waals surface area contributed by atoms with Gasteiger partial charge in [-0.15, -0.1) is 5.10 Å². The van der Waals surface area contributed by atoms with Crippen molar-refractivity contribution >= 4 is 23.0 Å². The lowest BCUT2D eigenvalue weighted by Gasteiger charge is -2.22. The van der Waals surface area contributed by atoms with Crippen LogP contribution in [0.4, 0.5) is 5.82 Å². The van der Waals surface area contributed by atoms with E-state index in [4.69, 9.17) is 18.0 Å². The Morgan fingerprint density at radius 1 is 1.20 bits per heavy atom. The Bertz CT molecular complexity index is 505. The van der Waals surface area contributed by atoms with Crippen LogP contribution in [0.2, 0.25) is 0 Å². The second kappa shape index (κ2) is 6.04. The fourth-order valence-electron chi connectivity index (χ4n) is 2.95. The fraction of sp³-hybridized carbons (Fsp3) is 0.667. The van der Waals surface area contributed by atoms with Gasteiger partial charge in [0.25, 0.3) is 0 Å². The molecule has 1 aromatic rings. The van der Waals surface area contributed by atoms with Gasteiger partial charge in [-0.3, -0.25) is 0 Å². The van der Waals surface area contributed by atoms with Crippen LogP contribution in [-0.2, 0) is 12.8 Å². The van der Waals surface area contributed by atoms with Crippen molar-refractivity contribution in [2.24, 2.45) is 17.6 Å². The van der Waals surface area contributed by atoms with Gasteiger partial charge in [-0.25, -0.2) is 0 Å². The van der Waals surface area contributed by atoms with Crippen molar-refractivity contribution in [3.05, 3.63) is 16.8 Å². The van der Waals surface area contributed by atoms with E-state index in [1.54, 1.807) is 0 Å². The van der Waals surface area contributed by atoms with Gasteiger partial charge in [0.2, 0.25) is 0 Å². The van der Waals surface area contributed by atoms with Crippen LogP contribution >= 0.6 is 12.2 Å². The molecular weight excluding hydrogens is 268 g/mol. The minimum Gasteiger partial charge on any atom is -0.389 e. The van der Waals surface area contributed by atoms with E-state index >= 15 is 0 Å². The molecule has 1 aromatic heterocycles. The van der Waals surface area contributed by atoms with Gasteiger partial charge in [0.15, 0.2) is 5.82 Å². The summed E-state index contributed by atoms with van der Waals surface area (Å²) in [5.41, 5.74) is 9.11. The average molecular weight is 292 g/mol. The van der Waals surface area contributed by atoms with Crippen LogP contribution in [0.3, 0.4) is 0 Å². The predicted octanol–water partition coefficient (Wildman–Crippen LogP) is 2.33. The number of hydrogen-bond acceptors (Lipinski definition) is 4. The number of hydrogen-bond donors (Lipinski definition) is 1. The van der Waals surface area contributed by atoms with Crippen molar-refractivity contribution < 1.29 is 0 Å². The highest BCUT2D eigenvalue weighted by atomic mass is 32.1. The Balaban J connectivity index is 2.51. The van der Waals surface area contributed by atoms with Gasteiger partial charge < -0.3 is 10.6 Å². The predicted molar refractivity (Wildman–Crippen MR) is 87.2 cm³/mol. The quantitative estimate of drug-likeness (QED) is 0.863. The van der Waals surface area contributed by atoms with Crippen LogP contribution in [0.15, 0.2) is 0 Å². The number of aromatic nitrogens is 2. The molecule has 2 rings (SSSR count). The van der Waals surface area contributed by atoms with E-state index in [1.807, 2.05) is 0 Å². The number of aryl methyl sites for hydroxylation is 1. The maximum absolute atomic E-state index is 5.99. The third-order valence-corrected chi connectivity index (χ3v) is 4.57. The lowest BCUT2D eigenvalue weighted by atomic mass is 10.0. The molecule has 20 heavy (non-hydrogen) atoms. The zero-order valence-corrected chi connectivity index (χ0v) is 13.6. The molecule has 0 amide bonds. The molecule has 0 aliphatic carbocycles. The first kappa shape index (κ1) is 15.2. The number of nitrogens with two attached hydrogens (primary N) is 1. The van der Waals surface area contributed by atoms with E-state index in [1.165, 1.54) is 0 Å². The number of anilines is 1. The summed E-state index contributed by atoms with van der Waals surface area (Å²) in [7, 11) is 0. The summed E-state index contributed by atoms with van der Waals surface area (Å²) in [5, 5.41) is 8.84. The SMILES string of the molecule is CCc1nnc(N2CC(C)C(C)C2)c(C(N)=S)c1CC. The van der Waals surface area contributed by atoms with Gasteiger partial charge in [0, 0.05) is 13.1 Å². The van der Waals surface area contributed by atoms with Crippen molar-refractivity contribution in [2.45, 2.75) is 40.5 Å².